The topological polar surface area (TPSA) is 118 Å². The van der Waals surface area contributed by atoms with Crippen LogP contribution in [0.15, 0.2) is 36.5 Å². The first-order valence-corrected chi connectivity index (χ1v) is 8.43. The van der Waals surface area contributed by atoms with Crippen molar-refractivity contribution in [3.8, 4) is 5.69 Å². The molecule has 1 aliphatic heterocycles. The summed E-state index contributed by atoms with van der Waals surface area (Å²) in [6.45, 7) is 1.71. The molecule has 4 amide bonds. The van der Waals surface area contributed by atoms with Gasteiger partial charge in [0.2, 0.25) is 0 Å². The quantitative estimate of drug-likeness (QED) is 0.671. The number of carbonyl (C=O) groups is 3. The van der Waals surface area contributed by atoms with Gasteiger partial charge in [0.15, 0.2) is 5.69 Å². The van der Waals surface area contributed by atoms with E-state index in [1.54, 1.807) is 6.92 Å². The van der Waals surface area contributed by atoms with Crippen molar-refractivity contribution >= 4 is 17.8 Å². The van der Waals surface area contributed by atoms with Crippen LogP contribution in [0.4, 0.5) is 4.79 Å². The third-order valence-electron chi connectivity index (χ3n) is 4.89. The maximum absolute atomic E-state index is 12.6. The van der Waals surface area contributed by atoms with Gasteiger partial charge >= 0.3 is 6.03 Å². The van der Waals surface area contributed by atoms with Gasteiger partial charge in [0.05, 0.1) is 17.9 Å². The summed E-state index contributed by atoms with van der Waals surface area (Å²) in [7, 11) is 0. The van der Waals surface area contributed by atoms with Crippen molar-refractivity contribution in [1.82, 2.24) is 30.9 Å². The zero-order valence-corrected chi connectivity index (χ0v) is 14.1. The number of amides is 4. The van der Waals surface area contributed by atoms with Crippen molar-refractivity contribution in [3.63, 3.8) is 0 Å². The number of imide groups is 1. The van der Waals surface area contributed by atoms with E-state index in [1.807, 2.05) is 30.3 Å². The standard InChI is InChI=1S/C17H18N6O3/c1-10(17(11-7-8-11)15(25)20-16(26)21-17)19-14(24)13-9-18-23(22-13)12-5-3-2-4-6-12/h2-6,9-11H,7-8H2,1H3,(H,19,24)(H2,20,21,25,26)/t10-,17?/m1/s1. The van der Waals surface area contributed by atoms with E-state index in [9.17, 15) is 14.4 Å². The van der Waals surface area contributed by atoms with Gasteiger partial charge in [-0.1, -0.05) is 18.2 Å². The summed E-state index contributed by atoms with van der Waals surface area (Å²) in [5.41, 5.74) is -0.241. The molecule has 2 fully saturated rings. The summed E-state index contributed by atoms with van der Waals surface area (Å²) in [6, 6.07) is 8.10. The minimum atomic E-state index is -1.11. The van der Waals surface area contributed by atoms with Crippen molar-refractivity contribution in [2.75, 3.05) is 0 Å². The monoisotopic (exact) mass is 354 g/mol. The highest BCUT2D eigenvalue weighted by Crippen LogP contribution is 2.43. The van der Waals surface area contributed by atoms with Crippen LogP contribution in [0, 0.1) is 5.92 Å². The van der Waals surface area contributed by atoms with E-state index >= 15 is 0 Å². The Hall–Kier alpha value is -3.23. The molecule has 0 radical (unpaired) electrons. The molecule has 1 saturated heterocycles. The second-order valence-corrected chi connectivity index (χ2v) is 6.60. The lowest BCUT2D eigenvalue weighted by molar-refractivity contribution is -0.125. The van der Waals surface area contributed by atoms with E-state index in [0.29, 0.717) is 0 Å². The van der Waals surface area contributed by atoms with Gasteiger partial charge in [-0.25, -0.2) is 4.79 Å². The van der Waals surface area contributed by atoms with Crippen LogP contribution in [0.3, 0.4) is 0 Å². The number of nitrogens with one attached hydrogen (secondary N) is 3. The molecule has 26 heavy (non-hydrogen) atoms. The predicted octanol–water partition coefficient (Wildman–Crippen LogP) is 0.374. The summed E-state index contributed by atoms with van der Waals surface area (Å²) in [6.07, 6.45) is 3.03. The highest BCUT2D eigenvalue weighted by atomic mass is 16.2. The largest absolute Gasteiger partial charge is 0.345 e. The van der Waals surface area contributed by atoms with Crippen LogP contribution < -0.4 is 16.0 Å². The average Bonchev–Trinajstić information content (AvgIpc) is 3.27. The van der Waals surface area contributed by atoms with E-state index in [2.05, 4.69) is 26.1 Å². The fourth-order valence-electron chi connectivity index (χ4n) is 3.40. The lowest BCUT2D eigenvalue weighted by Crippen LogP contribution is -2.62. The highest BCUT2D eigenvalue weighted by Gasteiger charge is 2.59. The molecule has 1 aromatic heterocycles. The number of aromatic nitrogens is 3. The number of para-hydroxylation sites is 1. The normalized spacial score (nSPS) is 23.3. The Bertz CT molecular complexity index is 876. The Morgan fingerprint density at radius 3 is 2.65 bits per heavy atom. The van der Waals surface area contributed by atoms with Gasteiger partial charge in [-0.15, -0.1) is 5.10 Å². The van der Waals surface area contributed by atoms with Crippen molar-refractivity contribution in [2.24, 2.45) is 5.92 Å². The molecule has 2 aliphatic rings. The smallest absolute Gasteiger partial charge is 0.322 e. The number of carbonyl (C=O) groups excluding carboxylic acids is 3. The number of nitrogens with zero attached hydrogens (tertiary/aromatic N) is 3. The summed E-state index contributed by atoms with van der Waals surface area (Å²) < 4.78 is 0. The molecular formula is C17H18N6O3. The highest BCUT2D eigenvalue weighted by molar-refractivity contribution is 6.08. The van der Waals surface area contributed by atoms with Crippen LogP contribution in [-0.2, 0) is 4.79 Å². The molecule has 2 aromatic rings. The van der Waals surface area contributed by atoms with Gasteiger partial charge in [0, 0.05) is 0 Å². The minimum absolute atomic E-state index is 0.0178. The lowest BCUT2D eigenvalue weighted by atomic mass is 9.85. The SMILES string of the molecule is C[C@@H](NC(=O)c1cnn(-c2ccccc2)n1)C1(C2CC2)NC(=O)NC1=O. The van der Waals surface area contributed by atoms with Crippen molar-refractivity contribution in [3.05, 3.63) is 42.2 Å². The molecule has 3 N–H and O–H groups in total. The van der Waals surface area contributed by atoms with Crippen LogP contribution in [-0.4, -0.2) is 44.4 Å². The molecule has 4 rings (SSSR count). The first kappa shape index (κ1) is 16.2. The van der Waals surface area contributed by atoms with Gasteiger partial charge < -0.3 is 10.6 Å². The lowest BCUT2D eigenvalue weighted by Gasteiger charge is -2.32. The first-order valence-electron chi connectivity index (χ1n) is 8.43. The molecule has 2 atom stereocenters. The average molecular weight is 354 g/mol. The first-order chi connectivity index (χ1) is 12.5. The summed E-state index contributed by atoms with van der Waals surface area (Å²) in [5.74, 6) is -0.830. The van der Waals surface area contributed by atoms with Crippen LogP contribution in [0.5, 0.6) is 0 Å². The molecule has 9 heteroatoms. The van der Waals surface area contributed by atoms with Crippen LogP contribution >= 0.6 is 0 Å². The Kier molecular flexibility index (Phi) is 3.71. The number of benzene rings is 1. The molecule has 134 valence electrons. The number of hydrogen-bond donors (Lipinski definition) is 3. The van der Waals surface area contributed by atoms with E-state index in [4.69, 9.17) is 0 Å². The predicted molar refractivity (Wildman–Crippen MR) is 90.4 cm³/mol. The fraction of sp³-hybridized carbons (Fsp3) is 0.353. The maximum Gasteiger partial charge on any atom is 0.322 e. The summed E-state index contributed by atoms with van der Waals surface area (Å²) in [4.78, 5) is 37.9. The van der Waals surface area contributed by atoms with Gasteiger partial charge in [0.1, 0.15) is 5.54 Å². The van der Waals surface area contributed by atoms with E-state index < -0.39 is 29.4 Å². The zero-order valence-electron chi connectivity index (χ0n) is 14.1. The third-order valence-corrected chi connectivity index (χ3v) is 4.89. The van der Waals surface area contributed by atoms with E-state index in [0.717, 1.165) is 18.5 Å². The summed E-state index contributed by atoms with van der Waals surface area (Å²) in [5, 5.41) is 16.1. The molecule has 0 spiro atoms. The molecule has 1 aromatic carbocycles. The fourth-order valence-corrected chi connectivity index (χ4v) is 3.40. The van der Waals surface area contributed by atoms with Gasteiger partial charge in [-0.3, -0.25) is 14.9 Å². The molecule has 1 aliphatic carbocycles. The molecule has 2 heterocycles. The van der Waals surface area contributed by atoms with Crippen LogP contribution in [0.25, 0.3) is 5.69 Å². The number of urea groups is 1. The Balaban J connectivity index is 1.52. The number of hydrogen-bond acceptors (Lipinski definition) is 5. The Morgan fingerprint density at radius 2 is 2.04 bits per heavy atom. The van der Waals surface area contributed by atoms with Crippen LogP contribution in [0.1, 0.15) is 30.3 Å². The Labute approximate surface area is 149 Å². The minimum Gasteiger partial charge on any atom is -0.345 e. The maximum atomic E-state index is 12.6. The van der Waals surface area contributed by atoms with E-state index in [-0.39, 0.29) is 11.6 Å². The molecule has 1 unspecified atom stereocenters. The molecule has 1 saturated carbocycles. The van der Waals surface area contributed by atoms with Crippen LogP contribution in [0.2, 0.25) is 0 Å². The second-order valence-electron chi connectivity index (χ2n) is 6.60. The third kappa shape index (κ3) is 2.61. The second kappa shape index (κ2) is 5.94. The molecular weight excluding hydrogens is 336 g/mol. The van der Waals surface area contributed by atoms with Crippen molar-refractivity contribution < 1.29 is 14.4 Å². The van der Waals surface area contributed by atoms with Crippen molar-refractivity contribution in [2.45, 2.75) is 31.3 Å². The van der Waals surface area contributed by atoms with Crippen molar-refractivity contribution in [1.29, 1.82) is 0 Å². The molecule has 0 bridgehead atoms. The summed E-state index contributed by atoms with van der Waals surface area (Å²) >= 11 is 0. The van der Waals surface area contributed by atoms with Gasteiger partial charge in [0.25, 0.3) is 11.8 Å². The van der Waals surface area contributed by atoms with Gasteiger partial charge in [-0.05, 0) is 37.8 Å². The van der Waals surface area contributed by atoms with Gasteiger partial charge in [-0.2, -0.15) is 9.90 Å². The number of rotatable bonds is 5. The zero-order chi connectivity index (χ0) is 18.3. The Morgan fingerprint density at radius 1 is 1.31 bits per heavy atom. The molecule has 9 nitrogen and oxygen atoms in total. The van der Waals surface area contributed by atoms with E-state index in [1.165, 1.54) is 11.0 Å².